The molecule has 0 radical (unpaired) electrons. The fourth-order valence-electron chi connectivity index (χ4n) is 2.68. The molecule has 1 saturated heterocycles. The lowest BCUT2D eigenvalue weighted by Crippen LogP contribution is -2.48. The summed E-state index contributed by atoms with van der Waals surface area (Å²) < 4.78 is 0. The van der Waals surface area contributed by atoms with Gasteiger partial charge in [-0.3, -0.25) is 14.6 Å². The van der Waals surface area contributed by atoms with Crippen LogP contribution >= 0.6 is 11.8 Å². The predicted octanol–water partition coefficient (Wildman–Crippen LogP) is 2.34. The monoisotopic (exact) mass is 347 g/mol. The lowest BCUT2D eigenvalue weighted by molar-refractivity contribution is -0.140. The Labute approximate surface area is 148 Å². The van der Waals surface area contributed by atoms with Crippen LogP contribution in [0.1, 0.15) is 25.8 Å². The van der Waals surface area contributed by atoms with Gasteiger partial charge < -0.3 is 9.80 Å². The van der Waals surface area contributed by atoms with E-state index in [0.717, 1.165) is 24.0 Å². The summed E-state index contributed by atoms with van der Waals surface area (Å²) in [5.41, 5.74) is 1.87. The van der Waals surface area contributed by atoms with Crippen molar-refractivity contribution in [3.05, 3.63) is 41.7 Å². The van der Waals surface area contributed by atoms with E-state index in [1.54, 1.807) is 34.0 Å². The second-order valence-corrected chi connectivity index (χ2v) is 6.95. The van der Waals surface area contributed by atoms with E-state index in [1.807, 2.05) is 39.1 Å². The van der Waals surface area contributed by atoms with Crippen LogP contribution in [-0.4, -0.2) is 57.9 Å². The smallest absolute Gasteiger partial charge is 0.250 e. The average molecular weight is 347 g/mol. The van der Waals surface area contributed by atoms with Gasteiger partial charge in [0.05, 0.1) is 5.88 Å². The van der Waals surface area contributed by atoms with Gasteiger partial charge in [0, 0.05) is 37.3 Å². The molecule has 2 heterocycles. The van der Waals surface area contributed by atoms with Crippen LogP contribution in [0.3, 0.4) is 0 Å². The van der Waals surface area contributed by atoms with E-state index in [4.69, 9.17) is 0 Å². The number of hydrogen-bond donors (Lipinski definition) is 0. The van der Waals surface area contributed by atoms with Gasteiger partial charge in [-0.05, 0) is 37.5 Å². The highest BCUT2D eigenvalue weighted by atomic mass is 32.2. The average Bonchev–Trinajstić information content (AvgIpc) is 3.09. The SMILES string of the molecule is CCC=C(C)C(=O)N1CSCC1C(=O)N(C)CCc1ccncc1. The maximum absolute atomic E-state index is 12.7. The van der Waals surface area contributed by atoms with E-state index in [9.17, 15) is 9.59 Å². The molecule has 0 aromatic carbocycles. The number of amides is 2. The topological polar surface area (TPSA) is 53.5 Å². The molecule has 1 fully saturated rings. The third-order valence-electron chi connectivity index (χ3n) is 4.14. The number of pyridine rings is 1. The van der Waals surface area contributed by atoms with Gasteiger partial charge in [-0.25, -0.2) is 0 Å². The minimum absolute atomic E-state index is 0.0201. The van der Waals surface area contributed by atoms with Crippen molar-refractivity contribution in [3.8, 4) is 0 Å². The van der Waals surface area contributed by atoms with E-state index in [0.29, 0.717) is 18.2 Å². The standard InChI is InChI=1S/C18H25N3O2S/c1-4-5-14(2)17(22)21-13-24-12-16(21)18(23)20(3)11-8-15-6-9-19-10-7-15/h5-7,9-10,16H,4,8,11-13H2,1-3H3. The van der Waals surface area contributed by atoms with Gasteiger partial charge in [-0.1, -0.05) is 13.0 Å². The van der Waals surface area contributed by atoms with E-state index in [2.05, 4.69) is 4.98 Å². The normalized spacial score (nSPS) is 17.9. The van der Waals surface area contributed by atoms with E-state index in [-0.39, 0.29) is 17.9 Å². The summed E-state index contributed by atoms with van der Waals surface area (Å²) >= 11 is 1.64. The number of aromatic nitrogens is 1. The molecule has 1 unspecified atom stereocenters. The van der Waals surface area contributed by atoms with Gasteiger partial charge in [-0.15, -0.1) is 11.8 Å². The van der Waals surface area contributed by atoms with Crippen LogP contribution in [0, 0.1) is 0 Å². The fourth-order valence-corrected chi connectivity index (χ4v) is 3.82. The quantitative estimate of drug-likeness (QED) is 0.741. The van der Waals surface area contributed by atoms with Crippen LogP contribution in [0.2, 0.25) is 0 Å². The van der Waals surface area contributed by atoms with Crippen molar-refractivity contribution >= 4 is 23.6 Å². The molecule has 0 aliphatic carbocycles. The van der Waals surface area contributed by atoms with E-state index < -0.39 is 0 Å². The Bertz CT molecular complexity index is 604. The first kappa shape index (κ1) is 18.5. The number of rotatable bonds is 6. The number of carbonyl (C=O) groups excluding carboxylic acids is 2. The van der Waals surface area contributed by atoms with Gasteiger partial charge in [0.2, 0.25) is 5.91 Å². The number of hydrogen-bond acceptors (Lipinski definition) is 4. The van der Waals surface area contributed by atoms with Gasteiger partial charge in [0.15, 0.2) is 0 Å². The Morgan fingerprint density at radius 2 is 2.12 bits per heavy atom. The molecular weight excluding hydrogens is 322 g/mol. The van der Waals surface area contributed by atoms with E-state index in [1.165, 1.54) is 0 Å². The highest BCUT2D eigenvalue weighted by molar-refractivity contribution is 7.99. The molecule has 0 N–H and O–H groups in total. The zero-order valence-electron chi connectivity index (χ0n) is 14.6. The van der Waals surface area contributed by atoms with Crippen molar-refractivity contribution < 1.29 is 9.59 Å². The Hall–Kier alpha value is -1.82. The Kier molecular flexibility index (Phi) is 6.85. The first-order chi connectivity index (χ1) is 11.5. The zero-order chi connectivity index (χ0) is 17.5. The molecule has 6 heteroatoms. The van der Waals surface area contributed by atoms with Crippen LogP contribution in [0.25, 0.3) is 0 Å². The van der Waals surface area contributed by atoms with Crippen LogP contribution in [0.5, 0.6) is 0 Å². The number of allylic oxidation sites excluding steroid dienone is 1. The summed E-state index contributed by atoms with van der Waals surface area (Å²) in [5.74, 6) is 1.25. The third-order valence-corrected chi connectivity index (χ3v) is 5.15. The molecule has 5 nitrogen and oxygen atoms in total. The van der Waals surface area contributed by atoms with Crippen molar-refractivity contribution in [1.29, 1.82) is 0 Å². The first-order valence-corrected chi connectivity index (χ1v) is 9.39. The highest BCUT2D eigenvalue weighted by Crippen LogP contribution is 2.24. The molecule has 0 bridgehead atoms. The number of thioether (sulfide) groups is 1. The summed E-state index contributed by atoms with van der Waals surface area (Å²) in [5, 5.41) is 0. The number of likely N-dealkylation sites (N-methyl/N-ethyl adjacent to an activating group) is 1. The van der Waals surface area contributed by atoms with Crippen molar-refractivity contribution in [3.63, 3.8) is 0 Å². The molecule has 2 amide bonds. The van der Waals surface area contributed by atoms with Gasteiger partial charge in [-0.2, -0.15) is 0 Å². The van der Waals surface area contributed by atoms with E-state index >= 15 is 0 Å². The first-order valence-electron chi connectivity index (χ1n) is 8.24. The molecule has 130 valence electrons. The van der Waals surface area contributed by atoms with Gasteiger partial charge >= 0.3 is 0 Å². The van der Waals surface area contributed by atoms with Crippen LogP contribution in [0.4, 0.5) is 0 Å². The summed E-state index contributed by atoms with van der Waals surface area (Å²) in [6.45, 7) is 4.46. The molecule has 1 atom stereocenters. The minimum Gasteiger partial charge on any atom is -0.344 e. The Morgan fingerprint density at radius 3 is 2.79 bits per heavy atom. The maximum Gasteiger partial charge on any atom is 0.250 e. The third kappa shape index (κ3) is 4.60. The van der Waals surface area contributed by atoms with Crippen LogP contribution in [0.15, 0.2) is 36.2 Å². The maximum atomic E-state index is 12.7. The number of nitrogens with zero attached hydrogens (tertiary/aromatic N) is 3. The van der Waals surface area contributed by atoms with Crippen molar-refractivity contribution in [2.24, 2.45) is 0 Å². The molecule has 1 aliphatic heterocycles. The van der Waals surface area contributed by atoms with Gasteiger partial charge in [0.1, 0.15) is 6.04 Å². The second-order valence-electron chi connectivity index (χ2n) is 5.95. The Morgan fingerprint density at radius 1 is 1.42 bits per heavy atom. The summed E-state index contributed by atoms with van der Waals surface area (Å²) in [6.07, 6.45) is 7.04. The summed E-state index contributed by atoms with van der Waals surface area (Å²) in [4.78, 5) is 32.7. The molecular formula is C18H25N3O2S. The lowest BCUT2D eigenvalue weighted by Gasteiger charge is -2.27. The minimum atomic E-state index is -0.356. The molecule has 24 heavy (non-hydrogen) atoms. The summed E-state index contributed by atoms with van der Waals surface area (Å²) in [7, 11) is 1.81. The molecule has 2 rings (SSSR count). The van der Waals surface area contributed by atoms with Crippen molar-refractivity contribution in [1.82, 2.24) is 14.8 Å². The van der Waals surface area contributed by atoms with Crippen LogP contribution < -0.4 is 0 Å². The predicted molar refractivity (Wildman–Crippen MR) is 97.6 cm³/mol. The van der Waals surface area contributed by atoms with Crippen molar-refractivity contribution in [2.75, 3.05) is 25.2 Å². The Balaban J connectivity index is 1.96. The molecule has 1 aromatic rings. The zero-order valence-corrected chi connectivity index (χ0v) is 15.4. The lowest BCUT2D eigenvalue weighted by atomic mass is 10.1. The van der Waals surface area contributed by atoms with Crippen LogP contribution in [-0.2, 0) is 16.0 Å². The second kappa shape index (κ2) is 8.87. The van der Waals surface area contributed by atoms with Gasteiger partial charge in [0.25, 0.3) is 5.91 Å². The van der Waals surface area contributed by atoms with Crippen molar-refractivity contribution in [2.45, 2.75) is 32.7 Å². The fraction of sp³-hybridized carbons (Fsp3) is 0.500. The summed E-state index contributed by atoms with van der Waals surface area (Å²) in [6, 6.07) is 3.56. The molecule has 0 spiro atoms. The molecule has 1 aromatic heterocycles. The largest absolute Gasteiger partial charge is 0.344 e. The molecule has 1 aliphatic rings. The highest BCUT2D eigenvalue weighted by Gasteiger charge is 2.36. The molecule has 0 saturated carbocycles. The number of carbonyl (C=O) groups is 2.